The number of nitrogens with zero attached hydrogens (tertiary/aromatic N) is 2. The van der Waals surface area contributed by atoms with Crippen LogP contribution in [0.2, 0.25) is 0 Å². The van der Waals surface area contributed by atoms with E-state index in [1.54, 1.807) is 23.5 Å². The van der Waals surface area contributed by atoms with E-state index in [0.717, 1.165) is 11.3 Å². The van der Waals surface area contributed by atoms with Crippen LogP contribution in [-0.2, 0) is 6.54 Å². The van der Waals surface area contributed by atoms with Gasteiger partial charge in [-0.25, -0.2) is 4.98 Å². The molecule has 0 aliphatic rings. The average molecular weight is 261 g/mol. The second-order valence-electron chi connectivity index (χ2n) is 4.27. The number of aromatic nitrogens is 1. The largest absolute Gasteiger partial charge is 0.399 e. The predicted molar refractivity (Wildman–Crippen MR) is 73.5 cm³/mol. The first kappa shape index (κ1) is 12.6. The summed E-state index contributed by atoms with van der Waals surface area (Å²) in [6, 6.07) is 5.39. The molecular formula is C13H15N3OS. The van der Waals surface area contributed by atoms with Gasteiger partial charge in [-0.15, -0.1) is 11.3 Å². The number of nitrogen functional groups attached to an aromatic ring is 1. The first-order valence-corrected chi connectivity index (χ1v) is 6.50. The first-order valence-electron chi connectivity index (χ1n) is 5.56. The minimum atomic E-state index is -0.0431. The highest BCUT2D eigenvalue weighted by Crippen LogP contribution is 2.14. The van der Waals surface area contributed by atoms with Crippen molar-refractivity contribution in [1.82, 2.24) is 9.88 Å². The standard InChI is InChI=1S/C13H15N3OS/c1-9-3-10(5-11(14)4-9)13(17)16(2)6-12-7-18-8-15-12/h3-5,7-8H,6,14H2,1-2H3. The lowest BCUT2D eigenvalue weighted by atomic mass is 10.1. The number of benzene rings is 1. The minimum Gasteiger partial charge on any atom is -0.399 e. The van der Waals surface area contributed by atoms with Crippen LogP contribution >= 0.6 is 11.3 Å². The van der Waals surface area contributed by atoms with Crippen molar-refractivity contribution in [1.29, 1.82) is 0 Å². The van der Waals surface area contributed by atoms with Crippen LogP contribution in [0.5, 0.6) is 0 Å². The molecule has 0 spiro atoms. The Morgan fingerprint density at radius 2 is 2.22 bits per heavy atom. The molecule has 0 saturated heterocycles. The molecule has 2 N–H and O–H groups in total. The van der Waals surface area contributed by atoms with Crippen molar-refractivity contribution in [3.8, 4) is 0 Å². The quantitative estimate of drug-likeness (QED) is 0.862. The van der Waals surface area contributed by atoms with Gasteiger partial charge in [-0.05, 0) is 30.7 Å². The number of amides is 1. The molecular weight excluding hydrogens is 246 g/mol. The maximum atomic E-state index is 12.2. The van der Waals surface area contributed by atoms with Gasteiger partial charge in [0.2, 0.25) is 0 Å². The highest BCUT2D eigenvalue weighted by molar-refractivity contribution is 7.07. The summed E-state index contributed by atoms with van der Waals surface area (Å²) in [5, 5.41) is 1.94. The highest BCUT2D eigenvalue weighted by atomic mass is 32.1. The Bertz CT molecular complexity index is 531. The number of carbonyl (C=O) groups excluding carboxylic acids is 1. The van der Waals surface area contributed by atoms with Gasteiger partial charge in [-0.1, -0.05) is 0 Å². The van der Waals surface area contributed by atoms with Crippen molar-refractivity contribution in [3.05, 3.63) is 45.9 Å². The summed E-state index contributed by atoms with van der Waals surface area (Å²) in [6.45, 7) is 2.43. The van der Waals surface area contributed by atoms with Gasteiger partial charge in [-0.2, -0.15) is 0 Å². The van der Waals surface area contributed by atoms with E-state index >= 15 is 0 Å². The van der Waals surface area contributed by atoms with Gasteiger partial charge in [0.25, 0.3) is 5.91 Å². The number of hydrogen-bond acceptors (Lipinski definition) is 4. The van der Waals surface area contributed by atoms with Crippen molar-refractivity contribution in [2.75, 3.05) is 12.8 Å². The zero-order valence-corrected chi connectivity index (χ0v) is 11.2. The molecule has 0 fully saturated rings. The molecule has 1 aromatic carbocycles. The molecule has 0 saturated carbocycles. The van der Waals surface area contributed by atoms with Crippen LogP contribution in [0.4, 0.5) is 5.69 Å². The van der Waals surface area contributed by atoms with Gasteiger partial charge in [0.05, 0.1) is 17.7 Å². The van der Waals surface area contributed by atoms with Crippen LogP contribution < -0.4 is 5.73 Å². The van der Waals surface area contributed by atoms with Crippen molar-refractivity contribution in [2.45, 2.75) is 13.5 Å². The Kier molecular flexibility index (Phi) is 3.62. The second-order valence-corrected chi connectivity index (χ2v) is 4.99. The van der Waals surface area contributed by atoms with E-state index in [-0.39, 0.29) is 5.91 Å². The molecule has 0 aliphatic heterocycles. The van der Waals surface area contributed by atoms with Crippen LogP contribution in [-0.4, -0.2) is 22.8 Å². The molecule has 5 heteroatoms. The Hall–Kier alpha value is -1.88. The highest BCUT2D eigenvalue weighted by Gasteiger charge is 2.13. The molecule has 94 valence electrons. The Balaban J connectivity index is 2.15. The number of nitrogens with two attached hydrogens (primary N) is 1. The molecule has 0 aliphatic carbocycles. The normalized spacial score (nSPS) is 10.3. The minimum absolute atomic E-state index is 0.0431. The summed E-state index contributed by atoms with van der Waals surface area (Å²) < 4.78 is 0. The lowest BCUT2D eigenvalue weighted by Crippen LogP contribution is -2.26. The van der Waals surface area contributed by atoms with Gasteiger partial charge in [0, 0.05) is 23.7 Å². The van der Waals surface area contributed by atoms with E-state index in [1.807, 2.05) is 24.4 Å². The molecule has 1 amide bonds. The van der Waals surface area contributed by atoms with E-state index in [9.17, 15) is 4.79 Å². The number of carbonyl (C=O) groups is 1. The third-order valence-corrected chi connectivity index (χ3v) is 3.21. The number of thiazole rings is 1. The molecule has 2 aromatic rings. The predicted octanol–water partition coefficient (Wildman–Crippen LogP) is 2.31. The molecule has 18 heavy (non-hydrogen) atoms. The van der Waals surface area contributed by atoms with E-state index < -0.39 is 0 Å². The Morgan fingerprint density at radius 3 is 2.83 bits per heavy atom. The third-order valence-electron chi connectivity index (χ3n) is 2.58. The average Bonchev–Trinajstić information content (AvgIpc) is 2.79. The summed E-state index contributed by atoms with van der Waals surface area (Å²) in [7, 11) is 1.76. The van der Waals surface area contributed by atoms with E-state index in [4.69, 9.17) is 5.73 Å². The smallest absolute Gasteiger partial charge is 0.254 e. The lowest BCUT2D eigenvalue weighted by Gasteiger charge is -2.16. The van der Waals surface area contributed by atoms with Crippen LogP contribution in [0.3, 0.4) is 0 Å². The van der Waals surface area contributed by atoms with Crippen molar-refractivity contribution in [3.63, 3.8) is 0 Å². The Labute approximate surface area is 110 Å². The van der Waals surface area contributed by atoms with Gasteiger partial charge >= 0.3 is 0 Å². The fourth-order valence-corrected chi connectivity index (χ4v) is 2.34. The van der Waals surface area contributed by atoms with Crippen molar-refractivity contribution in [2.24, 2.45) is 0 Å². The molecule has 0 unspecified atom stereocenters. The van der Waals surface area contributed by atoms with Gasteiger partial charge in [0.1, 0.15) is 0 Å². The number of anilines is 1. The van der Waals surface area contributed by atoms with Crippen molar-refractivity contribution >= 4 is 22.9 Å². The second kappa shape index (κ2) is 5.18. The first-order chi connectivity index (χ1) is 8.56. The molecule has 1 aromatic heterocycles. The van der Waals surface area contributed by atoms with Crippen molar-refractivity contribution < 1.29 is 4.79 Å². The molecule has 0 radical (unpaired) electrons. The van der Waals surface area contributed by atoms with E-state index in [0.29, 0.717) is 17.8 Å². The van der Waals surface area contributed by atoms with Crippen LogP contribution in [0, 0.1) is 6.92 Å². The zero-order chi connectivity index (χ0) is 13.1. The summed E-state index contributed by atoms with van der Waals surface area (Å²) >= 11 is 1.52. The topological polar surface area (TPSA) is 59.2 Å². The van der Waals surface area contributed by atoms with Crippen LogP contribution in [0.1, 0.15) is 21.6 Å². The fourth-order valence-electron chi connectivity index (χ4n) is 1.79. The Morgan fingerprint density at radius 1 is 1.44 bits per heavy atom. The number of hydrogen-bond donors (Lipinski definition) is 1. The van der Waals surface area contributed by atoms with E-state index in [2.05, 4.69) is 4.98 Å². The third kappa shape index (κ3) is 2.87. The SMILES string of the molecule is Cc1cc(N)cc(C(=O)N(C)Cc2cscn2)c1. The van der Waals surface area contributed by atoms with Crippen LogP contribution in [0.25, 0.3) is 0 Å². The lowest BCUT2D eigenvalue weighted by molar-refractivity contribution is 0.0783. The molecule has 0 atom stereocenters. The summed E-state index contributed by atoms with van der Waals surface area (Å²) in [6.07, 6.45) is 0. The van der Waals surface area contributed by atoms with E-state index in [1.165, 1.54) is 11.3 Å². The molecule has 1 heterocycles. The van der Waals surface area contributed by atoms with Gasteiger partial charge < -0.3 is 10.6 Å². The van der Waals surface area contributed by atoms with Crippen LogP contribution in [0.15, 0.2) is 29.1 Å². The summed E-state index contributed by atoms with van der Waals surface area (Å²) in [5.41, 5.74) is 10.6. The number of aryl methyl sites for hydroxylation is 1. The van der Waals surface area contributed by atoms with Gasteiger partial charge in [0.15, 0.2) is 0 Å². The molecule has 4 nitrogen and oxygen atoms in total. The molecule has 0 bridgehead atoms. The summed E-state index contributed by atoms with van der Waals surface area (Å²) in [4.78, 5) is 18.0. The van der Waals surface area contributed by atoms with Gasteiger partial charge in [-0.3, -0.25) is 4.79 Å². The fraction of sp³-hybridized carbons (Fsp3) is 0.231. The summed E-state index contributed by atoms with van der Waals surface area (Å²) in [5.74, 6) is -0.0431. The zero-order valence-electron chi connectivity index (χ0n) is 10.4. The maximum absolute atomic E-state index is 12.2. The number of rotatable bonds is 3. The maximum Gasteiger partial charge on any atom is 0.254 e. The monoisotopic (exact) mass is 261 g/mol. The molecule has 2 rings (SSSR count).